The van der Waals surface area contributed by atoms with Crippen LogP contribution in [0.4, 0.5) is 0 Å². The molecule has 0 saturated heterocycles. The van der Waals surface area contributed by atoms with Crippen LogP contribution >= 0.6 is 0 Å². The number of hydrogen-bond donors (Lipinski definition) is 0. The van der Waals surface area contributed by atoms with Crippen LogP contribution in [0.25, 0.3) is 0 Å². The summed E-state index contributed by atoms with van der Waals surface area (Å²) in [4.78, 5) is 0. The Bertz CT molecular complexity index is 363. The molecular weight excluding hydrogens is 172 g/mol. The highest BCUT2D eigenvalue weighted by Gasteiger charge is 2.31. The molecule has 1 aliphatic heterocycles. The van der Waals surface area contributed by atoms with Crippen molar-refractivity contribution in [2.24, 2.45) is 0 Å². The second-order valence-corrected chi connectivity index (χ2v) is 4.50. The number of allylic oxidation sites excluding steroid dienone is 1. The fraction of sp³-hybridized carbons (Fsp3) is 0.385. The maximum absolute atomic E-state index is 5.62. The minimum Gasteiger partial charge on any atom is -0.492 e. The molecule has 0 aromatic heterocycles. The lowest BCUT2D eigenvalue weighted by atomic mass is 9.86. The second-order valence-electron chi connectivity index (χ2n) is 4.50. The summed E-state index contributed by atoms with van der Waals surface area (Å²) >= 11 is 0. The highest BCUT2D eigenvalue weighted by molar-refractivity contribution is 5.45. The van der Waals surface area contributed by atoms with Crippen molar-refractivity contribution in [1.29, 1.82) is 0 Å². The van der Waals surface area contributed by atoms with Gasteiger partial charge in [-0.1, -0.05) is 32.1 Å². The zero-order valence-electron chi connectivity index (χ0n) is 8.84. The number of rotatable bonds is 2. The van der Waals surface area contributed by atoms with Gasteiger partial charge in [-0.2, -0.15) is 0 Å². The van der Waals surface area contributed by atoms with Crippen molar-refractivity contribution in [2.75, 3.05) is 6.61 Å². The molecule has 1 aromatic carbocycles. The summed E-state index contributed by atoms with van der Waals surface area (Å²) in [6, 6.07) is 6.43. The van der Waals surface area contributed by atoms with Crippen molar-refractivity contribution < 1.29 is 4.74 Å². The zero-order valence-corrected chi connectivity index (χ0v) is 8.84. The molecule has 1 nitrogen and oxygen atoms in total. The van der Waals surface area contributed by atoms with E-state index in [0.717, 1.165) is 18.8 Å². The van der Waals surface area contributed by atoms with Gasteiger partial charge in [-0.25, -0.2) is 0 Å². The molecule has 0 unspecified atom stereocenters. The molecular formula is C13H16O. The largest absolute Gasteiger partial charge is 0.492 e. The minimum atomic E-state index is 0.159. The van der Waals surface area contributed by atoms with Crippen LogP contribution in [0.3, 0.4) is 0 Å². The highest BCUT2D eigenvalue weighted by Crippen LogP contribution is 2.38. The van der Waals surface area contributed by atoms with Gasteiger partial charge in [0.1, 0.15) is 5.75 Å². The van der Waals surface area contributed by atoms with Crippen molar-refractivity contribution >= 4 is 0 Å². The van der Waals surface area contributed by atoms with Crippen molar-refractivity contribution in [3.05, 3.63) is 42.0 Å². The van der Waals surface area contributed by atoms with E-state index >= 15 is 0 Å². The van der Waals surface area contributed by atoms with Crippen molar-refractivity contribution in [1.82, 2.24) is 0 Å². The Morgan fingerprint density at radius 3 is 3.00 bits per heavy atom. The Morgan fingerprint density at radius 2 is 2.29 bits per heavy atom. The van der Waals surface area contributed by atoms with Gasteiger partial charge in [-0.3, -0.25) is 0 Å². The minimum absolute atomic E-state index is 0.159. The van der Waals surface area contributed by atoms with E-state index in [4.69, 9.17) is 4.74 Å². The molecule has 0 atom stereocenters. The molecule has 0 saturated carbocycles. The van der Waals surface area contributed by atoms with E-state index in [0.29, 0.717) is 0 Å². The van der Waals surface area contributed by atoms with Crippen LogP contribution < -0.4 is 4.74 Å². The van der Waals surface area contributed by atoms with Crippen LogP contribution in [0.2, 0.25) is 0 Å². The summed E-state index contributed by atoms with van der Waals surface area (Å²) in [6.45, 7) is 8.98. The lowest BCUT2D eigenvalue weighted by Gasteiger charge is -2.15. The summed E-state index contributed by atoms with van der Waals surface area (Å²) in [5.41, 5.74) is 2.81. The van der Waals surface area contributed by atoms with Gasteiger partial charge in [0.25, 0.3) is 0 Å². The fourth-order valence-electron chi connectivity index (χ4n) is 1.86. The first-order chi connectivity index (χ1) is 6.63. The normalized spacial score (nSPS) is 17.3. The number of fused-ring (bicyclic) bond motifs is 1. The molecule has 0 radical (unpaired) electrons. The first-order valence-electron chi connectivity index (χ1n) is 5.00. The topological polar surface area (TPSA) is 9.23 Å². The SMILES string of the molecule is C=CCc1ccc2c(c1)C(C)(C)CO2. The standard InChI is InChI=1S/C13H16O/c1-4-5-10-6-7-12-11(8-10)13(2,3)9-14-12/h4,6-8H,1,5,9H2,2-3H3. The molecule has 0 aliphatic carbocycles. The van der Waals surface area contributed by atoms with E-state index in [1.807, 2.05) is 6.08 Å². The van der Waals surface area contributed by atoms with E-state index in [1.165, 1.54) is 11.1 Å². The van der Waals surface area contributed by atoms with Crippen LogP contribution in [0.15, 0.2) is 30.9 Å². The van der Waals surface area contributed by atoms with Gasteiger partial charge >= 0.3 is 0 Å². The van der Waals surface area contributed by atoms with E-state index in [1.54, 1.807) is 0 Å². The van der Waals surface area contributed by atoms with Gasteiger partial charge < -0.3 is 4.74 Å². The van der Waals surface area contributed by atoms with Crippen molar-refractivity contribution in [3.8, 4) is 5.75 Å². The van der Waals surface area contributed by atoms with Crippen LogP contribution in [0.1, 0.15) is 25.0 Å². The number of ether oxygens (including phenoxy) is 1. The summed E-state index contributed by atoms with van der Waals surface area (Å²) < 4.78 is 5.62. The predicted molar refractivity (Wildman–Crippen MR) is 58.9 cm³/mol. The lowest BCUT2D eigenvalue weighted by molar-refractivity contribution is 0.291. The van der Waals surface area contributed by atoms with Gasteiger partial charge in [0.15, 0.2) is 0 Å². The molecule has 74 valence electrons. The summed E-state index contributed by atoms with van der Waals surface area (Å²) in [5.74, 6) is 1.04. The smallest absolute Gasteiger partial charge is 0.123 e. The van der Waals surface area contributed by atoms with E-state index in [2.05, 4.69) is 38.6 Å². The number of benzene rings is 1. The van der Waals surface area contributed by atoms with Crippen LogP contribution in [0.5, 0.6) is 5.75 Å². The van der Waals surface area contributed by atoms with Crippen LogP contribution in [0, 0.1) is 0 Å². The van der Waals surface area contributed by atoms with Crippen molar-refractivity contribution in [3.63, 3.8) is 0 Å². The third kappa shape index (κ3) is 1.43. The van der Waals surface area contributed by atoms with E-state index in [9.17, 15) is 0 Å². The van der Waals surface area contributed by atoms with Crippen LogP contribution in [-0.4, -0.2) is 6.61 Å². The molecule has 0 spiro atoms. The fourth-order valence-corrected chi connectivity index (χ4v) is 1.86. The van der Waals surface area contributed by atoms with E-state index < -0.39 is 0 Å². The van der Waals surface area contributed by atoms with Crippen LogP contribution in [-0.2, 0) is 11.8 Å². The number of hydrogen-bond acceptors (Lipinski definition) is 1. The van der Waals surface area contributed by atoms with Gasteiger partial charge in [-0.05, 0) is 18.1 Å². The Hall–Kier alpha value is -1.24. The maximum atomic E-state index is 5.62. The first-order valence-corrected chi connectivity index (χ1v) is 5.00. The molecule has 0 fully saturated rings. The molecule has 1 aromatic rings. The Kier molecular flexibility index (Phi) is 2.10. The molecule has 0 N–H and O–H groups in total. The second kappa shape index (κ2) is 3.16. The van der Waals surface area contributed by atoms with Crippen molar-refractivity contribution in [2.45, 2.75) is 25.7 Å². The maximum Gasteiger partial charge on any atom is 0.123 e. The van der Waals surface area contributed by atoms with E-state index in [-0.39, 0.29) is 5.41 Å². The molecule has 2 rings (SSSR count). The Labute approximate surface area is 85.4 Å². The third-order valence-corrected chi connectivity index (χ3v) is 2.74. The predicted octanol–water partition coefficient (Wildman–Crippen LogP) is 3.09. The average Bonchev–Trinajstić information content (AvgIpc) is 2.44. The van der Waals surface area contributed by atoms with Gasteiger partial charge in [0.05, 0.1) is 6.61 Å². The molecule has 1 heterocycles. The summed E-state index contributed by atoms with van der Waals surface area (Å²) in [5, 5.41) is 0. The average molecular weight is 188 g/mol. The highest BCUT2D eigenvalue weighted by atomic mass is 16.5. The molecule has 0 amide bonds. The molecule has 1 aliphatic rings. The van der Waals surface area contributed by atoms with Gasteiger partial charge in [0.2, 0.25) is 0 Å². The van der Waals surface area contributed by atoms with Gasteiger partial charge in [0, 0.05) is 11.0 Å². The third-order valence-electron chi connectivity index (χ3n) is 2.74. The molecule has 0 bridgehead atoms. The Balaban J connectivity index is 2.42. The molecule has 1 heteroatoms. The summed E-state index contributed by atoms with van der Waals surface area (Å²) in [7, 11) is 0. The van der Waals surface area contributed by atoms with Gasteiger partial charge in [-0.15, -0.1) is 6.58 Å². The first kappa shape index (κ1) is 9.32. The Morgan fingerprint density at radius 1 is 1.50 bits per heavy atom. The quantitative estimate of drug-likeness (QED) is 0.648. The molecule has 14 heavy (non-hydrogen) atoms. The summed E-state index contributed by atoms with van der Waals surface area (Å²) in [6.07, 6.45) is 2.87. The lowest BCUT2D eigenvalue weighted by Crippen LogP contribution is -2.18. The monoisotopic (exact) mass is 188 g/mol. The zero-order chi connectivity index (χ0) is 10.2.